The number of aromatic nitrogens is 3. The summed E-state index contributed by atoms with van der Waals surface area (Å²) in [4.78, 5) is 17.2. The van der Waals surface area contributed by atoms with Gasteiger partial charge in [-0.05, 0) is 51.0 Å². The summed E-state index contributed by atoms with van der Waals surface area (Å²) in [5.41, 5.74) is 1.33. The van der Waals surface area contributed by atoms with Crippen molar-refractivity contribution in [2.24, 2.45) is 0 Å². The number of halogens is 1. The van der Waals surface area contributed by atoms with Crippen LogP contribution in [0.3, 0.4) is 0 Å². The molecule has 136 valence electrons. The Morgan fingerprint density at radius 3 is 2.44 bits per heavy atom. The molecule has 0 aliphatic carbocycles. The molecule has 0 bridgehead atoms. The smallest absolute Gasteiger partial charge is 0.231 e. The predicted octanol–water partition coefficient (Wildman–Crippen LogP) is 3.31. The molecule has 1 N–H and O–H groups in total. The summed E-state index contributed by atoms with van der Waals surface area (Å²) in [5.74, 6) is 1.15. The second kappa shape index (κ2) is 10.2. The topological polar surface area (TPSA) is 57.2 Å². The summed E-state index contributed by atoms with van der Waals surface area (Å²) >= 11 is 6.02. The fraction of sp³-hybridized carbons (Fsp3) is 0.500. The lowest BCUT2D eigenvalue weighted by Crippen LogP contribution is -2.25. The van der Waals surface area contributed by atoms with Gasteiger partial charge in [-0.15, -0.1) is 0 Å². The third-order valence-electron chi connectivity index (χ3n) is 3.94. The Labute approximate surface area is 155 Å². The first kappa shape index (κ1) is 19.4. The zero-order valence-electron chi connectivity index (χ0n) is 15.2. The zero-order valence-corrected chi connectivity index (χ0v) is 16.0. The van der Waals surface area contributed by atoms with Crippen molar-refractivity contribution in [1.29, 1.82) is 0 Å². The largest absolute Gasteiger partial charge is 0.354 e. The Hall–Kier alpha value is -1.92. The van der Waals surface area contributed by atoms with E-state index in [0.29, 0.717) is 11.9 Å². The lowest BCUT2D eigenvalue weighted by molar-refractivity contribution is 0.325. The molecule has 0 aliphatic heterocycles. The zero-order chi connectivity index (χ0) is 18.1. The second-order valence-corrected chi connectivity index (χ2v) is 6.24. The van der Waals surface area contributed by atoms with Gasteiger partial charge in [0.25, 0.3) is 0 Å². The van der Waals surface area contributed by atoms with Crippen LogP contribution in [0.2, 0.25) is 5.28 Å². The first-order valence-corrected chi connectivity index (χ1v) is 9.13. The van der Waals surface area contributed by atoms with E-state index in [-0.39, 0.29) is 5.28 Å². The van der Waals surface area contributed by atoms with Crippen molar-refractivity contribution in [3.8, 4) is 0 Å². The quantitative estimate of drug-likeness (QED) is 0.654. The van der Waals surface area contributed by atoms with Crippen molar-refractivity contribution >= 4 is 23.5 Å². The van der Waals surface area contributed by atoms with E-state index in [4.69, 9.17) is 11.6 Å². The average Bonchev–Trinajstić information content (AvgIpc) is 2.60. The normalized spacial score (nSPS) is 10.9. The molecule has 25 heavy (non-hydrogen) atoms. The Morgan fingerprint density at radius 1 is 1.04 bits per heavy atom. The predicted molar refractivity (Wildman–Crippen MR) is 104 cm³/mol. The maximum absolute atomic E-state index is 6.02. The summed E-state index contributed by atoms with van der Waals surface area (Å²) in [6.45, 7) is 8.53. The van der Waals surface area contributed by atoms with E-state index in [0.717, 1.165) is 39.1 Å². The molecule has 1 heterocycles. The lowest BCUT2D eigenvalue weighted by atomic mass is 10.2. The Balaban J connectivity index is 1.79. The first-order chi connectivity index (χ1) is 12.1. The van der Waals surface area contributed by atoms with Gasteiger partial charge in [0, 0.05) is 26.2 Å². The van der Waals surface area contributed by atoms with Crippen molar-refractivity contribution in [3.63, 3.8) is 0 Å². The minimum Gasteiger partial charge on any atom is -0.354 e. The molecule has 0 fully saturated rings. The molecular formula is C18H27ClN6. The third kappa shape index (κ3) is 6.48. The highest BCUT2D eigenvalue weighted by Gasteiger charge is 2.10. The van der Waals surface area contributed by atoms with Crippen LogP contribution in [-0.4, -0.2) is 53.1 Å². The van der Waals surface area contributed by atoms with E-state index in [1.54, 1.807) is 0 Å². The van der Waals surface area contributed by atoms with Gasteiger partial charge in [-0.1, -0.05) is 30.3 Å². The molecule has 0 aliphatic rings. The van der Waals surface area contributed by atoms with Crippen LogP contribution in [0, 0.1) is 0 Å². The number of hydrogen-bond donors (Lipinski definition) is 1. The van der Waals surface area contributed by atoms with E-state index in [9.17, 15) is 0 Å². The SMILES string of the molecule is CCN(CC)c1nc(Cl)nc(NCCCN(C)Cc2ccccc2)n1. The van der Waals surface area contributed by atoms with Gasteiger partial charge in [-0.2, -0.15) is 15.0 Å². The van der Waals surface area contributed by atoms with Gasteiger partial charge in [-0.25, -0.2) is 0 Å². The number of nitrogens with zero attached hydrogens (tertiary/aromatic N) is 5. The molecular weight excluding hydrogens is 336 g/mol. The minimum absolute atomic E-state index is 0.223. The van der Waals surface area contributed by atoms with Gasteiger partial charge in [0.2, 0.25) is 17.2 Å². The maximum atomic E-state index is 6.02. The summed E-state index contributed by atoms with van der Waals surface area (Å²) < 4.78 is 0. The molecule has 7 heteroatoms. The molecule has 1 aromatic carbocycles. The molecule has 0 saturated heterocycles. The van der Waals surface area contributed by atoms with Crippen LogP contribution >= 0.6 is 11.6 Å². The summed E-state index contributed by atoms with van der Waals surface area (Å²) in [7, 11) is 2.13. The van der Waals surface area contributed by atoms with Crippen molar-refractivity contribution < 1.29 is 0 Å². The van der Waals surface area contributed by atoms with Crippen LogP contribution in [0.15, 0.2) is 30.3 Å². The molecule has 0 radical (unpaired) electrons. The second-order valence-electron chi connectivity index (χ2n) is 5.90. The standard InChI is InChI=1S/C18H27ClN6/c1-4-25(5-2)18-22-16(19)21-17(23-18)20-12-9-13-24(3)14-15-10-7-6-8-11-15/h6-8,10-11H,4-5,9,12-14H2,1-3H3,(H,20,21,22,23). The van der Waals surface area contributed by atoms with Crippen LogP contribution in [0.1, 0.15) is 25.8 Å². The van der Waals surface area contributed by atoms with Gasteiger partial charge in [-0.3, -0.25) is 0 Å². The van der Waals surface area contributed by atoms with Crippen molar-refractivity contribution in [3.05, 3.63) is 41.2 Å². The summed E-state index contributed by atoms with van der Waals surface area (Å²) in [5, 5.41) is 3.47. The van der Waals surface area contributed by atoms with Gasteiger partial charge < -0.3 is 15.1 Å². The molecule has 2 rings (SSSR count). The third-order valence-corrected chi connectivity index (χ3v) is 4.11. The Morgan fingerprint density at radius 2 is 1.76 bits per heavy atom. The van der Waals surface area contributed by atoms with Gasteiger partial charge in [0.05, 0.1) is 0 Å². The number of nitrogens with one attached hydrogen (secondary N) is 1. The van der Waals surface area contributed by atoms with E-state index in [1.807, 2.05) is 11.0 Å². The lowest BCUT2D eigenvalue weighted by Gasteiger charge is -2.19. The van der Waals surface area contributed by atoms with Crippen molar-refractivity contribution in [1.82, 2.24) is 19.9 Å². The van der Waals surface area contributed by atoms with Crippen LogP contribution in [0.5, 0.6) is 0 Å². The molecule has 0 saturated carbocycles. The highest BCUT2D eigenvalue weighted by molar-refractivity contribution is 6.28. The highest BCUT2D eigenvalue weighted by atomic mass is 35.5. The van der Waals surface area contributed by atoms with Crippen molar-refractivity contribution in [2.75, 3.05) is 43.4 Å². The monoisotopic (exact) mass is 362 g/mol. The van der Waals surface area contributed by atoms with Crippen LogP contribution in [-0.2, 0) is 6.54 Å². The first-order valence-electron chi connectivity index (χ1n) is 8.75. The van der Waals surface area contributed by atoms with Gasteiger partial charge >= 0.3 is 0 Å². The van der Waals surface area contributed by atoms with E-state index in [2.05, 4.69) is 70.3 Å². The molecule has 1 aromatic heterocycles. The van der Waals surface area contributed by atoms with Crippen LogP contribution < -0.4 is 10.2 Å². The number of rotatable bonds is 10. The summed E-state index contributed by atoms with van der Waals surface area (Å²) in [6.07, 6.45) is 0.993. The molecule has 0 spiro atoms. The van der Waals surface area contributed by atoms with E-state index in [1.165, 1.54) is 5.56 Å². The fourth-order valence-corrected chi connectivity index (χ4v) is 2.75. The number of anilines is 2. The maximum Gasteiger partial charge on any atom is 0.231 e. The minimum atomic E-state index is 0.223. The highest BCUT2D eigenvalue weighted by Crippen LogP contribution is 2.13. The van der Waals surface area contributed by atoms with E-state index < -0.39 is 0 Å². The summed E-state index contributed by atoms with van der Waals surface area (Å²) in [6, 6.07) is 10.5. The Kier molecular flexibility index (Phi) is 7.88. The molecule has 0 amide bonds. The van der Waals surface area contributed by atoms with Gasteiger partial charge in [0.15, 0.2) is 0 Å². The van der Waals surface area contributed by atoms with Crippen LogP contribution in [0.25, 0.3) is 0 Å². The molecule has 0 unspecified atom stereocenters. The molecule has 6 nitrogen and oxygen atoms in total. The van der Waals surface area contributed by atoms with Gasteiger partial charge in [0.1, 0.15) is 0 Å². The Bertz CT molecular complexity index is 633. The van der Waals surface area contributed by atoms with Crippen LogP contribution in [0.4, 0.5) is 11.9 Å². The average molecular weight is 363 g/mol. The number of hydrogen-bond acceptors (Lipinski definition) is 6. The van der Waals surface area contributed by atoms with E-state index >= 15 is 0 Å². The van der Waals surface area contributed by atoms with Crippen molar-refractivity contribution in [2.45, 2.75) is 26.8 Å². The number of benzene rings is 1. The molecule has 0 atom stereocenters. The molecule has 2 aromatic rings. The fourth-order valence-electron chi connectivity index (χ4n) is 2.59.